The monoisotopic (exact) mass is 534 g/mol. The van der Waals surface area contributed by atoms with Crippen LogP contribution in [0.25, 0.3) is 0 Å². The third-order valence-electron chi connectivity index (χ3n) is 5.81. The fourth-order valence-corrected chi connectivity index (χ4v) is 3.82. The molecule has 2 rings (SSSR count). The average molecular weight is 535 g/mol. The summed E-state index contributed by atoms with van der Waals surface area (Å²) >= 11 is 0. The molecule has 0 aliphatic heterocycles. The van der Waals surface area contributed by atoms with Crippen molar-refractivity contribution in [1.29, 1.82) is 0 Å². The minimum absolute atomic E-state index is 0. The quantitative estimate of drug-likeness (QED) is 0.106. The third kappa shape index (κ3) is 13.7. The minimum Gasteiger partial charge on any atom is -0.254 e. The van der Waals surface area contributed by atoms with Crippen molar-refractivity contribution in [2.24, 2.45) is 9.98 Å². The van der Waals surface area contributed by atoms with Crippen molar-refractivity contribution in [3.8, 4) is 35.5 Å². The molecule has 0 N–H and O–H groups in total. The van der Waals surface area contributed by atoms with Crippen molar-refractivity contribution in [3.63, 3.8) is 0 Å². The Hall–Kier alpha value is -3.05. The van der Waals surface area contributed by atoms with Gasteiger partial charge < -0.3 is 0 Å². The Morgan fingerprint density at radius 2 is 1.27 bits per heavy atom. The van der Waals surface area contributed by atoms with Crippen LogP contribution in [0.15, 0.2) is 58.5 Å². The van der Waals surface area contributed by atoms with E-state index in [4.69, 9.17) is 9.98 Å². The van der Waals surface area contributed by atoms with Crippen molar-refractivity contribution < 1.29 is 16.5 Å². The summed E-state index contributed by atoms with van der Waals surface area (Å²) < 4.78 is 0. The van der Waals surface area contributed by atoms with Gasteiger partial charge in [-0.3, -0.25) is 4.99 Å². The molecule has 0 atom stereocenters. The fraction of sp³-hybridized carbons (Fsp3) is 0.412. The summed E-state index contributed by atoms with van der Waals surface area (Å²) in [5.41, 5.74) is 4.96. The van der Waals surface area contributed by atoms with Crippen LogP contribution in [-0.2, 0) is 29.3 Å². The van der Waals surface area contributed by atoms with Crippen LogP contribution in [-0.4, -0.2) is 11.9 Å². The summed E-state index contributed by atoms with van der Waals surface area (Å²) in [5.74, 6) is 18.9. The van der Waals surface area contributed by atoms with Crippen LogP contribution >= 0.6 is 0 Å². The van der Waals surface area contributed by atoms with Crippen molar-refractivity contribution >= 4 is 23.3 Å². The van der Waals surface area contributed by atoms with Gasteiger partial charge in [0.2, 0.25) is 0 Å². The molecule has 0 aliphatic carbocycles. The van der Waals surface area contributed by atoms with E-state index in [9.17, 15) is 0 Å². The second-order valence-corrected chi connectivity index (χ2v) is 8.69. The van der Waals surface area contributed by atoms with Crippen molar-refractivity contribution in [2.45, 2.75) is 91.4 Å². The molecule has 0 bridgehead atoms. The minimum atomic E-state index is 0. The van der Waals surface area contributed by atoms with Gasteiger partial charge in [-0.1, -0.05) is 81.3 Å². The van der Waals surface area contributed by atoms with Gasteiger partial charge in [-0.2, -0.15) is 0 Å². The normalized spacial score (nSPS) is 10.4. The molecule has 0 unspecified atom stereocenters. The zero-order valence-electron chi connectivity index (χ0n) is 22.7. The Kier molecular flexibility index (Phi) is 18.2. The van der Waals surface area contributed by atoms with Crippen LogP contribution in [0.3, 0.4) is 0 Å². The number of para-hydroxylation sites is 2. The Morgan fingerprint density at radius 1 is 0.703 bits per heavy atom. The van der Waals surface area contributed by atoms with Crippen LogP contribution in [0.4, 0.5) is 11.4 Å². The van der Waals surface area contributed by atoms with Gasteiger partial charge in [-0.15, -0.1) is 23.7 Å². The molecule has 2 aromatic carbocycles. The molecule has 0 spiro atoms. The van der Waals surface area contributed by atoms with E-state index in [1.54, 1.807) is 0 Å². The number of rotatable bonds is 13. The van der Waals surface area contributed by atoms with E-state index in [-0.39, 0.29) is 16.5 Å². The topological polar surface area (TPSA) is 24.7 Å². The summed E-state index contributed by atoms with van der Waals surface area (Å²) in [6, 6.07) is 16.5. The van der Waals surface area contributed by atoms with Crippen LogP contribution in [0.5, 0.6) is 0 Å². The molecule has 0 heterocycles. The largest absolute Gasteiger partial charge is 0.254 e. The fourth-order valence-electron chi connectivity index (χ4n) is 3.82. The Bertz CT molecular complexity index is 1170. The van der Waals surface area contributed by atoms with Gasteiger partial charge in [-0.25, -0.2) is 4.99 Å². The maximum absolute atomic E-state index is 4.94. The summed E-state index contributed by atoms with van der Waals surface area (Å²) in [6.45, 7) is 6.01. The van der Waals surface area contributed by atoms with E-state index in [1.807, 2.05) is 38.3 Å². The molecule has 37 heavy (non-hydrogen) atoms. The van der Waals surface area contributed by atoms with Crippen LogP contribution in [0, 0.1) is 35.5 Å². The van der Waals surface area contributed by atoms with E-state index in [0.717, 1.165) is 49.9 Å². The van der Waals surface area contributed by atoms with Crippen LogP contribution in [0.1, 0.15) is 89.7 Å². The number of hydrogen-bond acceptors (Lipinski definition) is 2. The summed E-state index contributed by atoms with van der Waals surface area (Å²) in [6.07, 6.45) is 13.7. The standard InChI is InChI=1S/C34H40N2.Ni/c1-4-7-10-11-12-13-14-17-26-32(36-34-28-21-19-25-31(34)23-16-9-6-3)29-35-33-27-20-18-24-30(33)22-15-8-5-2;/h18-21,24-25,27-29H,4,7,10-16,22-23H2,1-3H3;/b35-29+,36-32+;. The zero-order valence-corrected chi connectivity index (χ0v) is 23.7. The predicted molar refractivity (Wildman–Crippen MR) is 157 cm³/mol. The molecule has 2 nitrogen and oxygen atoms in total. The molecule has 2 aromatic rings. The predicted octanol–water partition coefficient (Wildman–Crippen LogP) is 8.82. The van der Waals surface area contributed by atoms with Crippen LogP contribution < -0.4 is 0 Å². The maximum Gasteiger partial charge on any atom is 0.132 e. The summed E-state index contributed by atoms with van der Waals surface area (Å²) in [4.78, 5) is 9.75. The van der Waals surface area contributed by atoms with Crippen molar-refractivity contribution in [3.05, 3.63) is 59.7 Å². The van der Waals surface area contributed by atoms with E-state index >= 15 is 0 Å². The number of nitrogens with zero attached hydrogens (tertiary/aromatic N) is 2. The van der Waals surface area contributed by atoms with Crippen molar-refractivity contribution in [2.75, 3.05) is 0 Å². The number of hydrogen-bond donors (Lipinski definition) is 0. The summed E-state index contributed by atoms with van der Waals surface area (Å²) in [7, 11) is 0. The number of benzene rings is 2. The molecule has 0 saturated carbocycles. The Labute approximate surface area is 235 Å². The molecule has 0 fully saturated rings. The van der Waals surface area contributed by atoms with Gasteiger partial charge in [0, 0.05) is 35.8 Å². The molecular weight excluding hydrogens is 495 g/mol. The number of aliphatic imine (C=N–C) groups is 2. The van der Waals surface area contributed by atoms with E-state index in [0.29, 0.717) is 5.71 Å². The Morgan fingerprint density at radius 3 is 1.92 bits per heavy atom. The van der Waals surface area contributed by atoms with E-state index in [2.05, 4.69) is 72.8 Å². The van der Waals surface area contributed by atoms with Gasteiger partial charge in [0.25, 0.3) is 0 Å². The SMILES string of the molecule is CC#CCCc1ccccc1/N=C/C(C#CCCCCCCCC)=N/c1ccccc1CCC#CC.[Ni]. The number of unbranched alkanes of at least 4 members (excludes halogenated alkanes) is 6. The zero-order chi connectivity index (χ0) is 25.7. The molecule has 0 saturated heterocycles. The molecule has 0 amide bonds. The van der Waals surface area contributed by atoms with Gasteiger partial charge >= 0.3 is 0 Å². The first-order valence-corrected chi connectivity index (χ1v) is 13.3. The number of aryl methyl sites for hydroxylation is 2. The van der Waals surface area contributed by atoms with E-state index in [1.165, 1.54) is 43.2 Å². The average Bonchev–Trinajstić information content (AvgIpc) is 2.90. The Balaban J connectivity index is 0.00000684. The van der Waals surface area contributed by atoms with E-state index < -0.39 is 0 Å². The van der Waals surface area contributed by atoms with Gasteiger partial charge in [0.1, 0.15) is 5.71 Å². The first-order valence-electron chi connectivity index (χ1n) is 13.3. The van der Waals surface area contributed by atoms with Gasteiger partial charge in [0.05, 0.1) is 17.6 Å². The second-order valence-electron chi connectivity index (χ2n) is 8.69. The van der Waals surface area contributed by atoms with Crippen molar-refractivity contribution in [1.82, 2.24) is 0 Å². The molecule has 196 valence electrons. The smallest absolute Gasteiger partial charge is 0.132 e. The molecule has 0 radical (unpaired) electrons. The molecule has 3 heteroatoms. The first kappa shape index (κ1) is 32.0. The summed E-state index contributed by atoms with van der Waals surface area (Å²) in [5, 5.41) is 0. The maximum atomic E-state index is 4.94. The van der Waals surface area contributed by atoms with Gasteiger partial charge in [-0.05, 0) is 62.3 Å². The second kappa shape index (κ2) is 21.1. The van der Waals surface area contributed by atoms with Gasteiger partial charge in [0.15, 0.2) is 0 Å². The molecule has 0 aliphatic rings. The third-order valence-corrected chi connectivity index (χ3v) is 5.81. The molecule has 0 aromatic heterocycles. The first-order chi connectivity index (χ1) is 17.8. The van der Waals surface area contributed by atoms with Crippen LogP contribution in [0.2, 0.25) is 0 Å². The molecular formula is C34H40N2Ni.